The summed E-state index contributed by atoms with van der Waals surface area (Å²) in [6, 6.07) is 11.8. The fourth-order valence-electron chi connectivity index (χ4n) is 3.19. The first-order chi connectivity index (χ1) is 14.6. The van der Waals surface area contributed by atoms with Crippen molar-refractivity contribution in [3.8, 4) is 0 Å². The number of benzene rings is 2. The van der Waals surface area contributed by atoms with E-state index in [1.807, 2.05) is 46.8 Å². The zero-order valence-electron chi connectivity index (χ0n) is 18.2. The lowest BCUT2D eigenvalue weighted by Crippen LogP contribution is -2.24. The van der Waals surface area contributed by atoms with Crippen molar-refractivity contribution < 1.29 is 13.9 Å². The number of rotatable bonds is 6. The predicted molar refractivity (Wildman–Crippen MR) is 128 cm³/mol. The molecular weight excluding hydrogens is 434 g/mol. The molecule has 5 nitrogen and oxygen atoms in total. The van der Waals surface area contributed by atoms with E-state index in [1.54, 1.807) is 24.3 Å². The van der Waals surface area contributed by atoms with Gasteiger partial charge in [0.25, 0.3) is 0 Å². The molecule has 0 saturated carbocycles. The van der Waals surface area contributed by atoms with E-state index < -0.39 is 11.6 Å². The Balaban J connectivity index is 2.02. The molecule has 0 saturated heterocycles. The molecule has 0 fully saturated rings. The van der Waals surface area contributed by atoms with Crippen LogP contribution in [-0.2, 0) is 4.74 Å². The predicted octanol–water partition coefficient (Wildman–Crippen LogP) is 6.69. The van der Waals surface area contributed by atoms with Crippen LogP contribution in [0.3, 0.4) is 0 Å². The maximum Gasteiger partial charge on any atom is 0.340 e. The third kappa shape index (κ3) is 5.63. The average molecular weight is 460 g/mol. The maximum absolute atomic E-state index is 12.7. The summed E-state index contributed by atoms with van der Waals surface area (Å²) in [7, 11) is 0. The Hall–Kier alpha value is -2.44. The fourth-order valence-corrected chi connectivity index (χ4v) is 4.04. The van der Waals surface area contributed by atoms with Crippen molar-refractivity contribution in [1.82, 2.24) is 0 Å². The van der Waals surface area contributed by atoms with Crippen LogP contribution in [0.25, 0.3) is 11.0 Å². The summed E-state index contributed by atoms with van der Waals surface area (Å²) >= 11 is 7.77. The van der Waals surface area contributed by atoms with E-state index in [-0.39, 0.29) is 11.5 Å². The first-order valence-electron chi connectivity index (χ1n) is 10.1. The van der Waals surface area contributed by atoms with Crippen LogP contribution in [0.1, 0.15) is 56.6 Å². The molecule has 7 heteroatoms. The summed E-state index contributed by atoms with van der Waals surface area (Å²) in [5.74, 6) is 0.376. The Kier molecular flexibility index (Phi) is 7.02. The smallest absolute Gasteiger partial charge is 0.340 e. The molecule has 1 atom stereocenters. The Morgan fingerprint density at radius 1 is 1.23 bits per heavy atom. The van der Waals surface area contributed by atoms with E-state index in [4.69, 9.17) is 20.8 Å². The van der Waals surface area contributed by atoms with Crippen LogP contribution >= 0.6 is 23.4 Å². The van der Waals surface area contributed by atoms with Gasteiger partial charge in [-0.05, 0) is 57.7 Å². The Labute approximate surface area is 191 Å². The number of anilines is 1. The highest BCUT2D eigenvalue weighted by Crippen LogP contribution is 2.32. The van der Waals surface area contributed by atoms with Crippen molar-refractivity contribution in [2.45, 2.75) is 51.4 Å². The topological polar surface area (TPSA) is 68.5 Å². The summed E-state index contributed by atoms with van der Waals surface area (Å²) in [5, 5.41) is 4.79. The zero-order valence-corrected chi connectivity index (χ0v) is 19.8. The molecule has 3 aromatic rings. The molecule has 0 aliphatic heterocycles. The second kappa shape index (κ2) is 9.37. The molecule has 0 aliphatic carbocycles. The standard InChI is InChI=1S/C24H26ClNO4S/c1-6-31-21-13-20(27)18-12-15(25)11-17(22(18)29-21)14(2)26-19-10-8-7-9-16(19)23(28)30-24(3,4)5/h7-14,26H,6H2,1-5H3. The summed E-state index contributed by atoms with van der Waals surface area (Å²) in [4.78, 5) is 25.3. The number of halogens is 1. The summed E-state index contributed by atoms with van der Waals surface area (Å²) in [6.45, 7) is 9.41. The Bertz CT molecular complexity index is 1170. The van der Waals surface area contributed by atoms with Gasteiger partial charge >= 0.3 is 5.97 Å². The van der Waals surface area contributed by atoms with Gasteiger partial charge in [-0.2, -0.15) is 0 Å². The zero-order chi connectivity index (χ0) is 22.8. The fraction of sp³-hybridized carbons (Fsp3) is 0.333. The van der Waals surface area contributed by atoms with Crippen molar-refractivity contribution >= 4 is 46.0 Å². The minimum Gasteiger partial charge on any atom is -0.456 e. The van der Waals surface area contributed by atoms with E-state index in [0.717, 1.165) is 11.3 Å². The van der Waals surface area contributed by atoms with E-state index in [0.29, 0.717) is 32.3 Å². The van der Waals surface area contributed by atoms with Gasteiger partial charge in [-0.1, -0.05) is 42.4 Å². The van der Waals surface area contributed by atoms with Gasteiger partial charge in [0.05, 0.1) is 17.0 Å². The SMILES string of the molecule is CCSc1cc(=O)c2cc(Cl)cc(C(C)Nc3ccccc3C(=O)OC(C)(C)C)c2o1. The molecule has 31 heavy (non-hydrogen) atoms. The first kappa shape index (κ1) is 23.2. The molecule has 1 N–H and O–H groups in total. The van der Waals surface area contributed by atoms with E-state index in [2.05, 4.69) is 5.32 Å². The van der Waals surface area contributed by atoms with Gasteiger partial charge in [0.15, 0.2) is 10.5 Å². The minimum atomic E-state index is -0.601. The van der Waals surface area contributed by atoms with Crippen molar-refractivity contribution in [2.24, 2.45) is 0 Å². The van der Waals surface area contributed by atoms with Gasteiger partial charge in [0, 0.05) is 22.3 Å². The third-order valence-corrected chi connectivity index (χ3v) is 5.46. The monoisotopic (exact) mass is 459 g/mol. The number of para-hydroxylation sites is 1. The van der Waals surface area contributed by atoms with Crippen LogP contribution in [0.15, 0.2) is 56.8 Å². The van der Waals surface area contributed by atoms with Crippen LogP contribution in [-0.4, -0.2) is 17.3 Å². The number of carbonyl (C=O) groups excluding carboxylic acids is 1. The van der Waals surface area contributed by atoms with Crippen LogP contribution in [0.4, 0.5) is 5.69 Å². The Morgan fingerprint density at radius 3 is 2.61 bits per heavy atom. The number of nitrogens with one attached hydrogen (secondary N) is 1. The van der Waals surface area contributed by atoms with Crippen LogP contribution in [0, 0.1) is 0 Å². The molecule has 0 bridgehead atoms. The Morgan fingerprint density at radius 2 is 1.94 bits per heavy atom. The molecule has 1 heterocycles. The lowest BCUT2D eigenvalue weighted by molar-refractivity contribution is 0.00706. The molecule has 0 radical (unpaired) electrons. The molecule has 0 spiro atoms. The van der Waals surface area contributed by atoms with Crippen molar-refractivity contribution in [1.29, 1.82) is 0 Å². The van der Waals surface area contributed by atoms with Gasteiger partial charge in [0.2, 0.25) is 0 Å². The van der Waals surface area contributed by atoms with E-state index in [1.165, 1.54) is 17.8 Å². The molecule has 0 amide bonds. The second-order valence-electron chi connectivity index (χ2n) is 8.15. The van der Waals surface area contributed by atoms with Gasteiger partial charge < -0.3 is 14.5 Å². The number of hydrogen-bond donors (Lipinski definition) is 1. The van der Waals surface area contributed by atoms with Crippen LogP contribution in [0.2, 0.25) is 5.02 Å². The molecule has 0 aliphatic rings. The minimum absolute atomic E-state index is 0.137. The highest BCUT2D eigenvalue weighted by molar-refractivity contribution is 7.99. The summed E-state index contributed by atoms with van der Waals surface area (Å²) < 4.78 is 11.6. The van der Waals surface area contributed by atoms with Crippen LogP contribution in [0.5, 0.6) is 0 Å². The first-order valence-corrected chi connectivity index (χ1v) is 11.4. The second-order valence-corrected chi connectivity index (χ2v) is 9.85. The summed E-state index contributed by atoms with van der Waals surface area (Å²) in [5.41, 5.74) is 1.54. The van der Waals surface area contributed by atoms with Crippen molar-refractivity contribution in [3.05, 3.63) is 68.8 Å². The highest BCUT2D eigenvalue weighted by atomic mass is 35.5. The number of fused-ring (bicyclic) bond motifs is 1. The molecule has 1 aromatic heterocycles. The molecule has 1 unspecified atom stereocenters. The molecule has 3 rings (SSSR count). The van der Waals surface area contributed by atoms with Crippen LogP contribution < -0.4 is 10.7 Å². The van der Waals surface area contributed by atoms with Gasteiger partial charge in [-0.15, -0.1) is 0 Å². The van der Waals surface area contributed by atoms with Gasteiger partial charge in [-0.25, -0.2) is 4.79 Å². The molecule has 2 aromatic carbocycles. The average Bonchev–Trinajstić information content (AvgIpc) is 2.67. The number of esters is 1. The largest absolute Gasteiger partial charge is 0.456 e. The van der Waals surface area contributed by atoms with Crippen molar-refractivity contribution in [2.75, 3.05) is 11.1 Å². The summed E-state index contributed by atoms with van der Waals surface area (Å²) in [6.07, 6.45) is 0. The molecular formula is C24H26ClNO4S. The third-order valence-electron chi connectivity index (χ3n) is 4.47. The van der Waals surface area contributed by atoms with Gasteiger partial charge in [0.1, 0.15) is 11.2 Å². The quantitative estimate of drug-likeness (QED) is 0.327. The molecule has 164 valence electrons. The number of carbonyl (C=O) groups is 1. The normalized spacial score (nSPS) is 12.6. The lowest BCUT2D eigenvalue weighted by atomic mass is 10.0. The van der Waals surface area contributed by atoms with E-state index in [9.17, 15) is 9.59 Å². The van der Waals surface area contributed by atoms with E-state index >= 15 is 0 Å². The highest BCUT2D eigenvalue weighted by Gasteiger charge is 2.22. The maximum atomic E-state index is 12.7. The number of thioether (sulfide) groups is 1. The number of hydrogen-bond acceptors (Lipinski definition) is 6. The lowest BCUT2D eigenvalue weighted by Gasteiger charge is -2.22. The van der Waals surface area contributed by atoms with Gasteiger partial charge in [-0.3, -0.25) is 4.79 Å². The van der Waals surface area contributed by atoms with Crippen molar-refractivity contribution in [3.63, 3.8) is 0 Å². The number of ether oxygens (including phenoxy) is 1.